The van der Waals surface area contributed by atoms with Gasteiger partial charge in [0.15, 0.2) is 0 Å². The number of aromatic nitrogens is 2. The predicted molar refractivity (Wildman–Crippen MR) is 294 cm³/mol. The standard InChI is InChI=1S/C66H46F2N4/c67-53-31-13-15-33-55(53)69(43-23-9-3-10-24-43)45-35-37-47-50-28-18-30-52-62-60(42-21-7-2-8-22-42)66-61(59(41-19-5-1-6-20-41)65(62)71(64(50)52)57(47)39-45)51-29-17-27-49-48-38-36-46(40-58(48)72(66)63(49)51)70(44-25-11-4-12-26-44)56-34-16-14-32-54(56)68/h1,3-7,9-30,32-40,53,59,65H,2,8,31H2. The molecule has 15 rings (SSSR count). The van der Waals surface area contributed by atoms with Crippen molar-refractivity contribution in [2.24, 2.45) is 0 Å². The molecular weight excluding hydrogens is 887 g/mol. The van der Waals surface area contributed by atoms with Crippen LogP contribution >= 0.6 is 0 Å². The van der Waals surface area contributed by atoms with Crippen molar-refractivity contribution in [3.8, 4) is 0 Å². The molecule has 344 valence electrons. The van der Waals surface area contributed by atoms with Crippen LogP contribution in [0.3, 0.4) is 0 Å². The van der Waals surface area contributed by atoms with E-state index < -0.39 is 6.17 Å². The maximum Gasteiger partial charge on any atom is 0.147 e. The summed E-state index contributed by atoms with van der Waals surface area (Å²) >= 11 is 0. The molecule has 0 bridgehead atoms. The summed E-state index contributed by atoms with van der Waals surface area (Å²) < 4.78 is 37.5. The zero-order valence-electron chi connectivity index (χ0n) is 39.3. The molecule has 3 unspecified atom stereocenters. The van der Waals surface area contributed by atoms with Gasteiger partial charge in [-0.05, 0) is 102 Å². The van der Waals surface area contributed by atoms with E-state index >= 15 is 8.78 Å². The van der Waals surface area contributed by atoms with Gasteiger partial charge in [-0.3, -0.25) is 0 Å². The van der Waals surface area contributed by atoms with Gasteiger partial charge in [0.2, 0.25) is 0 Å². The number of fused-ring (bicyclic) bond motifs is 12. The lowest BCUT2D eigenvalue weighted by Gasteiger charge is -2.36. The molecule has 3 atom stereocenters. The molecule has 3 aromatic heterocycles. The summed E-state index contributed by atoms with van der Waals surface area (Å²) in [6, 6.07) is 65.4. The van der Waals surface area contributed by atoms with Crippen LogP contribution in [0.25, 0.3) is 60.1 Å². The molecular formula is C66H46F2N4. The van der Waals surface area contributed by atoms with E-state index in [9.17, 15) is 0 Å². The summed E-state index contributed by atoms with van der Waals surface area (Å²) in [5.74, 6) is -0.384. The fraction of sp³-hybridized carbons (Fsp3) is 0.0909. The minimum absolute atomic E-state index is 0.0995. The number of halogens is 2. The molecule has 0 saturated heterocycles. The number of rotatable bonds is 8. The van der Waals surface area contributed by atoms with Crippen LogP contribution < -0.4 is 9.80 Å². The highest BCUT2D eigenvalue weighted by molar-refractivity contribution is 6.23. The van der Waals surface area contributed by atoms with E-state index in [0.29, 0.717) is 17.8 Å². The van der Waals surface area contributed by atoms with Crippen LogP contribution in [0.4, 0.5) is 37.2 Å². The van der Waals surface area contributed by atoms with E-state index in [1.807, 2.05) is 83.8 Å². The third-order valence-corrected chi connectivity index (χ3v) is 15.8. The summed E-state index contributed by atoms with van der Waals surface area (Å²) in [5, 5.41) is 5.95. The van der Waals surface area contributed by atoms with Crippen molar-refractivity contribution in [1.82, 2.24) is 8.97 Å². The summed E-state index contributed by atoms with van der Waals surface area (Å²) in [6.07, 6.45) is 14.1. The summed E-state index contributed by atoms with van der Waals surface area (Å²) in [6.45, 7) is 0. The van der Waals surface area contributed by atoms with E-state index in [1.165, 1.54) is 77.7 Å². The van der Waals surface area contributed by atoms with Crippen molar-refractivity contribution in [2.45, 2.75) is 37.4 Å². The highest BCUT2D eigenvalue weighted by Crippen LogP contribution is 2.63. The minimum atomic E-state index is -1.14. The fourth-order valence-corrected chi connectivity index (χ4v) is 12.9. The van der Waals surface area contributed by atoms with E-state index in [2.05, 4.69) is 147 Å². The number of anilines is 5. The third-order valence-electron chi connectivity index (χ3n) is 15.8. The van der Waals surface area contributed by atoms with Crippen molar-refractivity contribution in [3.63, 3.8) is 0 Å². The molecule has 11 aromatic rings. The van der Waals surface area contributed by atoms with E-state index in [4.69, 9.17) is 0 Å². The Bertz CT molecular complexity index is 4170. The molecule has 0 spiro atoms. The van der Waals surface area contributed by atoms with Crippen LogP contribution in [0.15, 0.2) is 236 Å². The molecule has 4 heterocycles. The lowest BCUT2D eigenvalue weighted by Crippen LogP contribution is -2.25. The molecule has 4 aliphatic rings. The van der Waals surface area contributed by atoms with E-state index in [0.717, 1.165) is 52.0 Å². The number of hydrogen-bond donors (Lipinski definition) is 0. The Morgan fingerprint density at radius 2 is 1.19 bits per heavy atom. The normalized spacial score (nSPS) is 18.1. The molecule has 0 fully saturated rings. The molecule has 3 aliphatic carbocycles. The predicted octanol–water partition coefficient (Wildman–Crippen LogP) is 17.6. The Balaban J connectivity index is 1.05. The smallest absolute Gasteiger partial charge is 0.147 e. The highest BCUT2D eigenvalue weighted by atomic mass is 19.1. The first-order valence-electron chi connectivity index (χ1n) is 25.1. The average Bonchev–Trinajstić information content (AvgIpc) is 4.17. The Morgan fingerprint density at radius 3 is 1.93 bits per heavy atom. The van der Waals surface area contributed by atoms with Gasteiger partial charge in [0, 0.05) is 73.2 Å². The van der Waals surface area contributed by atoms with Gasteiger partial charge in [-0.15, -0.1) is 0 Å². The first kappa shape index (κ1) is 41.1. The Kier molecular flexibility index (Phi) is 9.07. The molecule has 0 N–H and O–H groups in total. The van der Waals surface area contributed by atoms with Gasteiger partial charge in [0.1, 0.15) is 12.0 Å². The maximum atomic E-state index is 16.2. The molecule has 0 amide bonds. The number of hydrogen-bond acceptors (Lipinski definition) is 2. The van der Waals surface area contributed by atoms with Gasteiger partial charge in [-0.25, -0.2) is 8.78 Å². The number of para-hydroxylation sites is 5. The number of benzene rings is 8. The number of alkyl halides is 1. The van der Waals surface area contributed by atoms with Gasteiger partial charge in [-0.1, -0.05) is 158 Å². The Hall–Kier alpha value is -8.74. The minimum Gasteiger partial charge on any atom is -0.331 e. The van der Waals surface area contributed by atoms with E-state index in [-0.39, 0.29) is 17.8 Å². The van der Waals surface area contributed by atoms with Crippen molar-refractivity contribution >= 4 is 88.6 Å². The number of allylic oxidation sites excluding steroid dienone is 10. The van der Waals surface area contributed by atoms with Crippen LogP contribution in [0.1, 0.15) is 53.6 Å². The van der Waals surface area contributed by atoms with Crippen molar-refractivity contribution in [1.29, 1.82) is 0 Å². The summed E-state index contributed by atoms with van der Waals surface area (Å²) in [5.41, 5.74) is 18.1. The van der Waals surface area contributed by atoms with Crippen LogP contribution in [0.5, 0.6) is 0 Å². The quantitative estimate of drug-likeness (QED) is 0.151. The molecule has 1 aliphatic heterocycles. The SMILES string of the molecule is Fc1ccccc1N(c1ccccc1)c1ccc2c3cccc4c5c(n(c2c1)c43)C(C1=CCCC=C1)=C1c2cccc3c4ccc(N(C6=CC=CCC6F)c6ccccc6)cc4n(c23)C1C5c1ccccc1. The fourth-order valence-electron chi connectivity index (χ4n) is 12.9. The van der Waals surface area contributed by atoms with Gasteiger partial charge in [0.05, 0.1) is 45.2 Å². The zero-order chi connectivity index (χ0) is 47.6. The lowest BCUT2D eigenvalue weighted by molar-refractivity contribution is 0.378. The summed E-state index contributed by atoms with van der Waals surface area (Å²) in [7, 11) is 0. The number of nitrogens with zero attached hydrogens (tertiary/aromatic N) is 4. The highest BCUT2D eigenvalue weighted by Gasteiger charge is 2.47. The van der Waals surface area contributed by atoms with Gasteiger partial charge in [0.25, 0.3) is 0 Å². The molecule has 8 aromatic carbocycles. The van der Waals surface area contributed by atoms with Crippen molar-refractivity contribution < 1.29 is 8.78 Å². The van der Waals surface area contributed by atoms with Crippen LogP contribution in [0.2, 0.25) is 0 Å². The molecule has 72 heavy (non-hydrogen) atoms. The monoisotopic (exact) mass is 932 g/mol. The summed E-state index contributed by atoms with van der Waals surface area (Å²) in [4.78, 5) is 4.15. The van der Waals surface area contributed by atoms with Gasteiger partial charge in [-0.2, -0.15) is 0 Å². The molecule has 0 radical (unpaired) electrons. The van der Waals surface area contributed by atoms with Crippen molar-refractivity contribution in [3.05, 3.63) is 264 Å². The molecule has 4 nitrogen and oxygen atoms in total. The van der Waals surface area contributed by atoms with Crippen LogP contribution in [0, 0.1) is 5.82 Å². The largest absolute Gasteiger partial charge is 0.331 e. The van der Waals surface area contributed by atoms with E-state index in [1.54, 1.807) is 6.07 Å². The van der Waals surface area contributed by atoms with Crippen LogP contribution in [-0.2, 0) is 0 Å². The second-order valence-corrected chi connectivity index (χ2v) is 19.6. The average molecular weight is 933 g/mol. The van der Waals surface area contributed by atoms with Crippen molar-refractivity contribution in [2.75, 3.05) is 9.80 Å². The third kappa shape index (κ3) is 5.83. The topological polar surface area (TPSA) is 15.8 Å². The molecule has 6 heteroatoms. The second kappa shape index (κ2) is 15.9. The lowest BCUT2D eigenvalue weighted by atomic mass is 9.71. The molecule has 0 saturated carbocycles. The zero-order valence-corrected chi connectivity index (χ0v) is 39.3. The maximum absolute atomic E-state index is 16.2. The Labute approximate surface area is 415 Å². The van der Waals surface area contributed by atoms with Gasteiger partial charge < -0.3 is 18.8 Å². The first-order valence-corrected chi connectivity index (χ1v) is 25.1. The first-order chi connectivity index (χ1) is 35.6. The van der Waals surface area contributed by atoms with Crippen LogP contribution in [-0.4, -0.2) is 15.1 Å². The van der Waals surface area contributed by atoms with Gasteiger partial charge >= 0.3 is 0 Å². The second-order valence-electron chi connectivity index (χ2n) is 19.6. The Morgan fingerprint density at radius 1 is 0.542 bits per heavy atom.